The number of piperidine rings is 1. The lowest BCUT2D eigenvalue weighted by atomic mass is 10.0. The molecule has 0 spiro atoms. The number of aromatic nitrogens is 4. The molecule has 4 rings (SSSR count). The van der Waals surface area contributed by atoms with Gasteiger partial charge in [0.15, 0.2) is 12.0 Å². The molecular weight excluding hydrogens is 362 g/mol. The van der Waals surface area contributed by atoms with Gasteiger partial charge < -0.3 is 14.1 Å². The Labute approximate surface area is 161 Å². The average molecular weight is 385 g/mol. The Morgan fingerprint density at radius 3 is 3.00 bits per heavy atom. The van der Waals surface area contributed by atoms with Crippen LogP contribution in [0.4, 0.5) is 0 Å². The van der Waals surface area contributed by atoms with Gasteiger partial charge in [0.25, 0.3) is 5.91 Å². The highest BCUT2D eigenvalue weighted by Gasteiger charge is 2.30. The molecule has 0 saturated carbocycles. The molecule has 1 atom stereocenters. The molecule has 0 aliphatic carbocycles. The number of likely N-dealkylation sites (tertiary alicyclic amines) is 1. The van der Waals surface area contributed by atoms with Crippen LogP contribution in [-0.2, 0) is 11.3 Å². The summed E-state index contributed by atoms with van der Waals surface area (Å²) >= 11 is 0. The summed E-state index contributed by atoms with van der Waals surface area (Å²) in [6.07, 6.45) is 4.57. The fraction of sp³-hybridized carbons (Fsp3) is 0.474. The van der Waals surface area contributed by atoms with Crippen molar-refractivity contribution in [1.82, 2.24) is 24.0 Å². The maximum atomic E-state index is 13.2. The molecule has 9 nitrogen and oxygen atoms in total. The first-order valence-corrected chi connectivity index (χ1v) is 9.36. The second kappa shape index (κ2) is 7.59. The number of imidazole rings is 1. The van der Waals surface area contributed by atoms with Crippen LogP contribution in [0.1, 0.15) is 35.1 Å². The summed E-state index contributed by atoms with van der Waals surface area (Å²) in [4.78, 5) is 36.2. The molecule has 0 bridgehead atoms. The Kier molecular flexibility index (Phi) is 4.99. The molecule has 0 unspecified atom stereocenters. The van der Waals surface area contributed by atoms with Crippen molar-refractivity contribution in [3.05, 3.63) is 46.7 Å². The summed E-state index contributed by atoms with van der Waals surface area (Å²) in [5.74, 6) is 0.0671. The number of carbonyl (C=O) groups excluding carboxylic acids is 1. The number of nitrogens with zero attached hydrogens (tertiary/aromatic N) is 5. The smallest absolute Gasteiger partial charge is 0.330 e. The van der Waals surface area contributed by atoms with Crippen LogP contribution in [0.25, 0.3) is 11.2 Å². The van der Waals surface area contributed by atoms with Gasteiger partial charge in [0, 0.05) is 26.4 Å². The molecule has 0 N–H and O–H groups in total. The zero-order chi connectivity index (χ0) is 19.7. The van der Waals surface area contributed by atoms with E-state index in [4.69, 9.17) is 9.15 Å². The van der Waals surface area contributed by atoms with E-state index in [1.54, 1.807) is 34.3 Å². The lowest BCUT2D eigenvalue weighted by Crippen LogP contribution is -2.43. The molecule has 1 saturated heterocycles. The number of carbonyl (C=O) groups is 1. The molecular formula is C19H23N5O4. The number of oxazole rings is 1. The molecule has 1 amide bonds. The van der Waals surface area contributed by atoms with Gasteiger partial charge in [0.2, 0.25) is 5.76 Å². The quantitative estimate of drug-likeness (QED) is 0.662. The Morgan fingerprint density at radius 1 is 1.39 bits per heavy atom. The van der Waals surface area contributed by atoms with Gasteiger partial charge in [-0.1, -0.05) is 0 Å². The van der Waals surface area contributed by atoms with Gasteiger partial charge in [-0.3, -0.25) is 13.9 Å². The minimum Gasteiger partial charge on any atom is -0.438 e. The number of amides is 1. The fourth-order valence-corrected chi connectivity index (χ4v) is 3.84. The average Bonchev–Trinajstić information content (AvgIpc) is 3.26. The van der Waals surface area contributed by atoms with Crippen molar-refractivity contribution < 1.29 is 13.9 Å². The third-order valence-electron chi connectivity index (χ3n) is 5.23. The standard InChI is InChI=1S/C19H23N5O4/c1-13-16(28-12-21-13)18(25)22-8-4-5-14(11-22)24-17-15(6-3-7-20-17)23(19(24)26)9-10-27-2/h3,6-7,12,14H,4-5,8-11H2,1-2H3/t14-/m0/s1. The molecule has 1 aliphatic heterocycles. The van der Waals surface area contributed by atoms with E-state index in [1.807, 2.05) is 12.1 Å². The Hall–Kier alpha value is -2.94. The van der Waals surface area contributed by atoms with Crippen LogP contribution in [0.5, 0.6) is 0 Å². The summed E-state index contributed by atoms with van der Waals surface area (Å²) in [7, 11) is 1.61. The maximum Gasteiger partial charge on any atom is 0.330 e. The van der Waals surface area contributed by atoms with Crippen LogP contribution < -0.4 is 5.69 Å². The maximum absolute atomic E-state index is 13.2. The highest BCUT2D eigenvalue weighted by molar-refractivity contribution is 5.92. The van der Waals surface area contributed by atoms with E-state index in [0.717, 1.165) is 18.4 Å². The van der Waals surface area contributed by atoms with E-state index in [1.165, 1.54) is 6.39 Å². The van der Waals surface area contributed by atoms with Crippen molar-refractivity contribution in [1.29, 1.82) is 0 Å². The van der Waals surface area contributed by atoms with E-state index in [2.05, 4.69) is 9.97 Å². The van der Waals surface area contributed by atoms with Gasteiger partial charge in [0.05, 0.1) is 30.4 Å². The van der Waals surface area contributed by atoms with Crippen molar-refractivity contribution in [2.24, 2.45) is 0 Å². The Morgan fingerprint density at radius 2 is 2.25 bits per heavy atom. The van der Waals surface area contributed by atoms with E-state index in [-0.39, 0.29) is 23.4 Å². The predicted octanol–water partition coefficient (Wildman–Crippen LogP) is 1.62. The fourth-order valence-electron chi connectivity index (χ4n) is 3.84. The first-order chi connectivity index (χ1) is 13.6. The highest BCUT2D eigenvalue weighted by Crippen LogP contribution is 2.25. The number of ether oxygens (including phenoxy) is 1. The zero-order valence-corrected chi connectivity index (χ0v) is 16.0. The second-order valence-electron chi connectivity index (χ2n) is 6.96. The van der Waals surface area contributed by atoms with E-state index >= 15 is 0 Å². The summed E-state index contributed by atoms with van der Waals surface area (Å²) in [6.45, 7) is 3.69. The second-order valence-corrected chi connectivity index (χ2v) is 6.96. The van der Waals surface area contributed by atoms with E-state index in [0.29, 0.717) is 37.6 Å². The minimum atomic E-state index is -0.191. The van der Waals surface area contributed by atoms with Gasteiger partial charge in [-0.15, -0.1) is 0 Å². The predicted molar refractivity (Wildman–Crippen MR) is 101 cm³/mol. The van der Waals surface area contributed by atoms with E-state index < -0.39 is 0 Å². The van der Waals surface area contributed by atoms with Crippen molar-refractivity contribution in [3.63, 3.8) is 0 Å². The van der Waals surface area contributed by atoms with Crippen molar-refractivity contribution in [2.75, 3.05) is 26.8 Å². The first-order valence-electron chi connectivity index (χ1n) is 9.36. The highest BCUT2D eigenvalue weighted by atomic mass is 16.5. The lowest BCUT2D eigenvalue weighted by Gasteiger charge is -2.32. The summed E-state index contributed by atoms with van der Waals surface area (Å²) in [5, 5.41) is 0. The van der Waals surface area contributed by atoms with Crippen LogP contribution in [0.15, 0.2) is 33.9 Å². The molecule has 3 aromatic rings. The lowest BCUT2D eigenvalue weighted by molar-refractivity contribution is 0.0646. The van der Waals surface area contributed by atoms with E-state index in [9.17, 15) is 9.59 Å². The summed E-state index contributed by atoms with van der Waals surface area (Å²) in [6, 6.07) is 3.56. The first kappa shape index (κ1) is 18.4. The molecule has 0 aromatic carbocycles. The Balaban J connectivity index is 1.68. The van der Waals surface area contributed by atoms with Gasteiger partial charge in [0.1, 0.15) is 0 Å². The third-order valence-corrected chi connectivity index (χ3v) is 5.23. The molecule has 1 aliphatic rings. The molecule has 9 heteroatoms. The van der Waals surface area contributed by atoms with Crippen LogP contribution in [0.3, 0.4) is 0 Å². The number of aryl methyl sites for hydroxylation is 1. The van der Waals surface area contributed by atoms with Gasteiger partial charge >= 0.3 is 5.69 Å². The monoisotopic (exact) mass is 385 g/mol. The van der Waals surface area contributed by atoms with Crippen LogP contribution in [0.2, 0.25) is 0 Å². The van der Waals surface area contributed by atoms with Crippen LogP contribution >= 0.6 is 0 Å². The minimum absolute atomic E-state index is 0.124. The molecule has 3 aromatic heterocycles. The molecule has 0 radical (unpaired) electrons. The Bertz CT molecular complexity index is 1050. The normalized spacial score (nSPS) is 17.4. The topological polar surface area (TPSA) is 95.4 Å². The SMILES string of the molecule is COCCn1c(=O)n([C@H]2CCCN(C(=O)c3ocnc3C)C2)c2ncccc21. The summed E-state index contributed by atoms with van der Waals surface area (Å²) in [5.41, 5.74) is 1.86. The third kappa shape index (κ3) is 3.11. The molecule has 1 fully saturated rings. The molecule has 4 heterocycles. The van der Waals surface area contributed by atoms with Crippen molar-refractivity contribution in [2.45, 2.75) is 32.4 Å². The number of methoxy groups -OCH3 is 1. The van der Waals surface area contributed by atoms with Gasteiger partial charge in [-0.2, -0.15) is 0 Å². The number of fused-ring (bicyclic) bond motifs is 1. The van der Waals surface area contributed by atoms with Crippen molar-refractivity contribution >= 4 is 17.1 Å². The molecule has 148 valence electrons. The number of rotatable bonds is 5. The largest absolute Gasteiger partial charge is 0.438 e. The van der Waals surface area contributed by atoms with Gasteiger partial charge in [-0.05, 0) is 31.9 Å². The van der Waals surface area contributed by atoms with Gasteiger partial charge in [-0.25, -0.2) is 14.8 Å². The zero-order valence-electron chi connectivity index (χ0n) is 16.0. The van der Waals surface area contributed by atoms with Crippen LogP contribution in [0, 0.1) is 6.92 Å². The number of hydrogen-bond donors (Lipinski definition) is 0. The number of pyridine rings is 1. The van der Waals surface area contributed by atoms with Crippen molar-refractivity contribution in [3.8, 4) is 0 Å². The summed E-state index contributed by atoms with van der Waals surface area (Å²) < 4.78 is 13.8. The number of hydrogen-bond acceptors (Lipinski definition) is 6. The van der Waals surface area contributed by atoms with Crippen LogP contribution in [-0.4, -0.2) is 56.7 Å². The molecule has 28 heavy (non-hydrogen) atoms.